The molecule has 2 aromatic carbocycles. The smallest absolute Gasteiger partial charge is 0.416 e. The van der Waals surface area contributed by atoms with Crippen LogP contribution in [0.5, 0.6) is 5.75 Å². The van der Waals surface area contributed by atoms with E-state index < -0.39 is 11.7 Å². The van der Waals surface area contributed by atoms with Gasteiger partial charge in [0, 0.05) is 37.4 Å². The Labute approximate surface area is 149 Å². The number of halogens is 3. The highest BCUT2D eigenvalue weighted by Gasteiger charge is 2.30. The average molecular weight is 364 g/mol. The van der Waals surface area contributed by atoms with Gasteiger partial charge in [0.15, 0.2) is 0 Å². The Morgan fingerprint density at radius 1 is 0.923 bits per heavy atom. The van der Waals surface area contributed by atoms with Crippen LogP contribution in [-0.2, 0) is 6.18 Å². The topological polar surface area (TPSA) is 32.8 Å². The number of methoxy groups -OCH3 is 1. The van der Waals surface area contributed by atoms with Gasteiger partial charge in [0.2, 0.25) is 0 Å². The first kappa shape index (κ1) is 18.1. The molecule has 1 fully saturated rings. The lowest BCUT2D eigenvalue weighted by Gasteiger charge is -2.36. The lowest BCUT2D eigenvalue weighted by Crippen LogP contribution is -2.48. The van der Waals surface area contributed by atoms with Gasteiger partial charge in [0.1, 0.15) is 5.75 Å². The summed E-state index contributed by atoms with van der Waals surface area (Å²) in [4.78, 5) is 16.3. The molecule has 0 aromatic heterocycles. The maximum Gasteiger partial charge on any atom is 0.416 e. The quantitative estimate of drug-likeness (QED) is 0.833. The Bertz CT molecular complexity index is 750. The van der Waals surface area contributed by atoms with Crippen molar-refractivity contribution in [2.75, 3.05) is 38.2 Å². The van der Waals surface area contributed by atoms with E-state index in [0.29, 0.717) is 26.2 Å². The summed E-state index contributed by atoms with van der Waals surface area (Å²) in [5.41, 5.74) is 0.571. The number of alkyl halides is 3. The van der Waals surface area contributed by atoms with Crippen molar-refractivity contribution in [3.8, 4) is 5.75 Å². The minimum atomic E-state index is -4.40. The summed E-state index contributed by atoms with van der Waals surface area (Å²) in [7, 11) is 1.61. The van der Waals surface area contributed by atoms with Gasteiger partial charge in [0.05, 0.1) is 12.7 Å². The van der Waals surface area contributed by atoms with Crippen LogP contribution in [0.4, 0.5) is 18.9 Å². The second-order valence-corrected chi connectivity index (χ2v) is 6.05. The van der Waals surface area contributed by atoms with Gasteiger partial charge in [-0.15, -0.1) is 0 Å². The standard InChI is InChI=1S/C19H19F3N2O2/c1-26-17-8-6-16(7-9-17)23-10-12-24(13-11-23)18(25)14-2-4-15(5-3-14)19(20,21)22/h2-9H,10-13H2,1H3. The molecule has 138 valence electrons. The Hall–Kier alpha value is -2.70. The van der Waals surface area contributed by atoms with Crippen LogP contribution in [0.1, 0.15) is 15.9 Å². The van der Waals surface area contributed by atoms with Gasteiger partial charge in [-0.25, -0.2) is 0 Å². The zero-order valence-corrected chi connectivity index (χ0v) is 14.3. The van der Waals surface area contributed by atoms with Crippen molar-refractivity contribution in [1.82, 2.24) is 4.90 Å². The Kier molecular flexibility index (Phi) is 5.06. The number of ether oxygens (including phenoxy) is 1. The maximum absolute atomic E-state index is 12.6. The molecular formula is C19H19F3N2O2. The molecule has 2 aromatic rings. The van der Waals surface area contributed by atoms with Gasteiger partial charge < -0.3 is 14.5 Å². The van der Waals surface area contributed by atoms with Crippen LogP contribution < -0.4 is 9.64 Å². The lowest BCUT2D eigenvalue weighted by atomic mass is 10.1. The number of carbonyl (C=O) groups excluding carboxylic acids is 1. The Morgan fingerprint density at radius 2 is 1.50 bits per heavy atom. The summed E-state index contributed by atoms with van der Waals surface area (Å²) in [6.07, 6.45) is -4.40. The normalized spacial score (nSPS) is 15.1. The van der Waals surface area contributed by atoms with Crippen LogP contribution >= 0.6 is 0 Å². The first-order valence-electron chi connectivity index (χ1n) is 8.24. The maximum atomic E-state index is 12.6. The summed E-state index contributed by atoms with van der Waals surface area (Å²) in [6, 6.07) is 12.1. The van der Waals surface area contributed by atoms with Crippen molar-refractivity contribution in [3.63, 3.8) is 0 Å². The minimum absolute atomic E-state index is 0.242. The third kappa shape index (κ3) is 3.92. The fourth-order valence-corrected chi connectivity index (χ4v) is 2.95. The van der Waals surface area contributed by atoms with Crippen LogP contribution in [0.2, 0.25) is 0 Å². The van der Waals surface area contributed by atoms with Gasteiger partial charge >= 0.3 is 6.18 Å². The third-order valence-corrected chi connectivity index (χ3v) is 4.46. The number of hydrogen-bond acceptors (Lipinski definition) is 3. The molecule has 7 heteroatoms. The van der Waals surface area contributed by atoms with Gasteiger partial charge in [-0.1, -0.05) is 0 Å². The monoisotopic (exact) mass is 364 g/mol. The average Bonchev–Trinajstić information content (AvgIpc) is 2.67. The number of amides is 1. The minimum Gasteiger partial charge on any atom is -0.497 e. The van der Waals surface area contributed by atoms with E-state index in [0.717, 1.165) is 23.6 Å². The number of benzene rings is 2. The molecule has 26 heavy (non-hydrogen) atoms. The lowest BCUT2D eigenvalue weighted by molar-refractivity contribution is -0.137. The van der Waals surface area contributed by atoms with E-state index in [1.54, 1.807) is 12.0 Å². The second-order valence-electron chi connectivity index (χ2n) is 6.05. The first-order valence-corrected chi connectivity index (χ1v) is 8.24. The molecule has 0 N–H and O–H groups in total. The number of nitrogens with zero attached hydrogens (tertiary/aromatic N) is 2. The molecule has 1 aliphatic heterocycles. The molecule has 0 unspecified atom stereocenters. The highest BCUT2D eigenvalue weighted by molar-refractivity contribution is 5.94. The molecule has 1 amide bonds. The van der Waals surface area contributed by atoms with Crippen molar-refractivity contribution in [3.05, 3.63) is 59.7 Å². The van der Waals surface area contributed by atoms with E-state index in [1.807, 2.05) is 24.3 Å². The van der Waals surface area contributed by atoms with E-state index in [2.05, 4.69) is 4.90 Å². The van der Waals surface area contributed by atoms with Gasteiger partial charge in [-0.3, -0.25) is 4.79 Å². The number of rotatable bonds is 3. The molecule has 3 rings (SSSR count). The fourth-order valence-electron chi connectivity index (χ4n) is 2.95. The number of carbonyl (C=O) groups is 1. The SMILES string of the molecule is COc1ccc(N2CCN(C(=O)c3ccc(C(F)(F)F)cc3)CC2)cc1. The summed E-state index contributed by atoms with van der Waals surface area (Å²) in [5.74, 6) is 0.540. The number of piperazine rings is 1. The van der Waals surface area contributed by atoms with Crippen LogP contribution in [0.25, 0.3) is 0 Å². The third-order valence-electron chi connectivity index (χ3n) is 4.46. The molecule has 0 atom stereocenters. The summed E-state index contributed by atoms with van der Waals surface area (Å²) in [6.45, 7) is 2.37. The molecule has 0 radical (unpaired) electrons. The van der Waals surface area contributed by atoms with Gasteiger partial charge in [-0.05, 0) is 48.5 Å². The molecular weight excluding hydrogens is 345 g/mol. The Morgan fingerprint density at radius 3 is 2.00 bits per heavy atom. The highest BCUT2D eigenvalue weighted by atomic mass is 19.4. The van der Waals surface area contributed by atoms with Crippen molar-refractivity contribution in [2.24, 2.45) is 0 Å². The zero-order chi connectivity index (χ0) is 18.7. The second kappa shape index (κ2) is 7.27. The van der Waals surface area contributed by atoms with Crippen LogP contribution in [-0.4, -0.2) is 44.1 Å². The largest absolute Gasteiger partial charge is 0.497 e. The molecule has 1 heterocycles. The molecule has 1 aliphatic rings. The van der Waals surface area contributed by atoms with Crippen molar-refractivity contribution < 1.29 is 22.7 Å². The van der Waals surface area contributed by atoms with Crippen LogP contribution in [0.15, 0.2) is 48.5 Å². The number of anilines is 1. The van der Waals surface area contributed by atoms with Gasteiger partial charge in [0.25, 0.3) is 5.91 Å². The fraction of sp³-hybridized carbons (Fsp3) is 0.316. The van der Waals surface area contributed by atoms with Crippen LogP contribution in [0.3, 0.4) is 0 Å². The predicted molar refractivity (Wildman–Crippen MR) is 92.6 cm³/mol. The zero-order valence-electron chi connectivity index (χ0n) is 14.3. The number of hydrogen-bond donors (Lipinski definition) is 0. The molecule has 0 saturated carbocycles. The molecule has 0 spiro atoms. The van der Waals surface area contributed by atoms with E-state index in [9.17, 15) is 18.0 Å². The van der Waals surface area contributed by atoms with Gasteiger partial charge in [-0.2, -0.15) is 13.2 Å². The summed E-state index contributed by atoms with van der Waals surface area (Å²) < 4.78 is 43.0. The summed E-state index contributed by atoms with van der Waals surface area (Å²) >= 11 is 0. The van der Waals surface area contributed by atoms with E-state index >= 15 is 0 Å². The van der Waals surface area contributed by atoms with E-state index in [1.165, 1.54) is 12.1 Å². The molecule has 4 nitrogen and oxygen atoms in total. The highest BCUT2D eigenvalue weighted by Crippen LogP contribution is 2.29. The van der Waals surface area contributed by atoms with Crippen molar-refractivity contribution in [2.45, 2.75) is 6.18 Å². The van der Waals surface area contributed by atoms with E-state index in [4.69, 9.17) is 4.74 Å². The predicted octanol–water partition coefficient (Wildman–Crippen LogP) is 3.68. The Balaban J connectivity index is 1.61. The molecule has 1 saturated heterocycles. The first-order chi connectivity index (χ1) is 12.4. The van der Waals surface area contributed by atoms with Crippen molar-refractivity contribution >= 4 is 11.6 Å². The summed E-state index contributed by atoms with van der Waals surface area (Å²) in [5, 5.41) is 0. The molecule has 0 aliphatic carbocycles. The van der Waals surface area contributed by atoms with Crippen LogP contribution in [0, 0.1) is 0 Å². The van der Waals surface area contributed by atoms with Crippen molar-refractivity contribution in [1.29, 1.82) is 0 Å². The molecule has 0 bridgehead atoms. The van der Waals surface area contributed by atoms with E-state index in [-0.39, 0.29) is 11.5 Å².